The maximum atomic E-state index is 12.7. The Morgan fingerprint density at radius 1 is 1.26 bits per heavy atom. The first-order valence-electron chi connectivity index (χ1n) is 7.98. The maximum Gasteiger partial charge on any atom is 0.271 e. The lowest BCUT2D eigenvalue weighted by Gasteiger charge is -2.35. The first kappa shape index (κ1) is 15.7. The highest BCUT2D eigenvalue weighted by atomic mass is 16.2. The molecule has 0 aromatic carbocycles. The first-order chi connectivity index (χ1) is 10.9. The summed E-state index contributed by atoms with van der Waals surface area (Å²) < 4.78 is 1.83. The summed E-state index contributed by atoms with van der Waals surface area (Å²) in [4.78, 5) is 14.6. The second-order valence-electron chi connectivity index (χ2n) is 6.52. The Bertz CT molecular complexity index is 721. The number of aromatic nitrogens is 4. The van der Waals surface area contributed by atoms with Gasteiger partial charge in [0.25, 0.3) is 5.91 Å². The summed E-state index contributed by atoms with van der Waals surface area (Å²) in [7, 11) is 1.91. The smallest absolute Gasteiger partial charge is 0.271 e. The van der Waals surface area contributed by atoms with E-state index in [-0.39, 0.29) is 5.91 Å². The van der Waals surface area contributed by atoms with Gasteiger partial charge in [-0.1, -0.05) is 0 Å². The Hall–Kier alpha value is -2.15. The molecule has 1 aliphatic heterocycles. The van der Waals surface area contributed by atoms with E-state index in [4.69, 9.17) is 0 Å². The molecule has 0 saturated carbocycles. The van der Waals surface area contributed by atoms with E-state index in [1.807, 2.05) is 36.5 Å². The number of H-pyrrole nitrogens is 1. The van der Waals surface area contributed by atoms with Crippen LogP contribution in [-0.2, 0) is 7.05 Å². The van der Waals surface area contributed by atoms with Crippen molar-refractivity contribution < 1.29 is 4.79 Å². The number of aryl methyl sites for hydroxylation is 2. The Morgan fingerprint density at radius 3 is 2.48 bits per heavy atom. The van der Waals surface area contributed by atoms with Crippen molar-refractivity contribution in [3.05, 3.63) is 23.1 Å². The van der Waals surface area contributed by atoms with Gasteiger partial charge in [0.1, 0.15) is 5.69 Å². The molecule has 1 amide bonds. The summed E-state index contributed by atoms with van der Waals surface area (Å²) in [5, 5.41) is 15.1. The third-order valence-electron chi connectivity index (χ3n) is 4.42. The molecule has 2 aromatic heterocycles. The van der Waals surface area contributed by atoms with E-state index in [1.54, 1.807) is 0 Å². The molecule has 0 aliphatic carbocycles. The molecule has 23 heavy (non-hydrogen) atoms. The van der Waals surface area contributed by atoms with Gasteiger partial charge in [0.15, 0.2) is 0 Å². The maximum absolute atomic E-state index is 12.7. The van der Waals surface area contributed by atoms with Crippen LogP contribution < -0.4 is 5.32 Å². The molecule has 124 valence electrons. The van der Waals surface area contributed by atoms with E-state index in [9.17, 15) is 4.79 Å². The highest BCUT2D eigenvalue weighted by Crippen LogP contribution is 2.25. The minimum atomic E-state index is 0.00291. The van der Waals surface area contributed by atoms with Gasteiger partial charge in [0, 0.05) is 43.5 Å². The fraction of sp³-hybridized carbons (Fsp3) is 0.562. The van der Waals surface area contributed by atoms with Crippen LogP contribution in [0.15, 0.2) is 6.07 Å². The van der Waals surface area contributed by atoms with Gasteiger partial charge < -0.3 is 10.2 Å². The van der Waals surface area contributed by atoms with Crippen LogP contribution in [0.3, 0.4) is 0 Å². The van der Waals surface area contributed by atoms with Gasteiger partial charge >= 0.3 is 0 Å². The lowest BCUT2D eigenvalue weighted by molar-refractivity contribution is 0.0668. The third-order valence-corrected chi connectivity index (χ3v) is 4.42. The van der Waals surface area contributed by atoms with Crippen LogP contribution in [-0.4, -0.2) is 56.0 Å². The second-order valence-corrected chi connectivity index (χ2v) is 6.52. The van der Waals surface area contributed by atoms with Crippen LogP contribution in [0.2, 0.25) is 0 Å². The van der Waals surface area contributed by atoms with Crippen LogP contribution in [0.5, 0.6) is 0 Å². The fourth-order valence-electron chi connectivity index (χ4n) is 3.37. The molecule has 1 saturated heterocycles. The van der Waals surface area contributed by atoms with E-state index in [1.165, 1.54) is 0 Å². The van der Waals surface area contributed by atoms with E-state index >= 15 is 0 Å². The molecule has 3 rings (SSSR count). The zero-order chi connectivity index (χ0) is 16.7. The second kappa shape index (κ2) is 5.81. The Morgan fingerprint density at radius 2 is 1.91 bits per heavy atom. The summed E-state index contributed by atoms with van der Waals surface area (Å²) in [6, 6.07) is 2.43. The number of piperazine rings is 1. The van der Waals surface area contributed by atoms with E-state index < -0.39 is 0 Å². The summed E-state index contributed by atoms with van der Waals surface area (Å²) in [5.74, 6) is 0.00291. The predicted molar refractivity (Wildman–Crippen MR) is 88.2 cm³/mol. The number of nitrogens with zero attached hydrogens (tertiary/aromatic N) is 4. The largest absolute Gasteiger partial charge is 0.334 e. The zero-order valence-corrected chi connectivity index (χ0v) is 14.3. The van der Waals surface area contributed by atoms with E-state index in [0.29, 0.717) is 30.9 Å². The van der Waals surface area contributed by atoms with Crippen molar-refractivity contribution in [3.63, 3.8) is 0 Å². The van der Waals surface area contributed by atoms with Crippen molar-refractivity contribution in [2.24, 2.45) is 7.05 Å². The lowest BCUT2D eigenvalue weighted by Crippen LogP contribution is -2.55. The molecule has 2 N–H and O–H groups in total. The Kier molecular flexibility index (Phi) is 3.97. The number of hydrogen-bond donors (Lipinski definition) is 2. The highest BCUT2D eigenvalue weighted by molar-refractivity contribution is 5.93. The number of carbonyl (C=O) groups excluding carboxylic acids is 1. The summed E-state index contributed by atoms with van der Waals surface area (Å²) >= 11 is 0. The van der Waals surface area contributed by atoms with Crippen molar-refractivity contribution in [3.8, 4) is 11.3 Å². The molecule has 1 aliphatic rings. The van der Waals surface area contributed by atoms with Crippen LogP contribution in [0.25, 0.3) is 11.3 Å². The summed E-state index contributed by atoms with van der Waals surface area (Å²) in [5.41, 5.74) is 4.25. The first-order valence-corrected chi connectivity index (χ1v) is 7.98. The molecule has 1 fully saturated rings. The molecule has 7 heteroatoms. The van der Waals surface area contributed by atoms with Crippen molar-refractivity contribution in [1.82, 2.24) is 30.2 Å². The standard InChI is InChI=1S/C16H24N6O/c1-9-7-22(8-10(2)17-9)16(23)14-6-13(18-19-14)15-11(3)20-21(5)12(15)4/h6,9-10,17H,7-8H2,1-5H3,(H,18,19)/t9-,10-/m0/s1. The average Bonchev–Trinajstić information content (AvgIpc) is 3.03. The average molecular weight is 316 g/mol. The van der Waals surface area contributed by atoms with Gasteiger partial charge in [0.05, 0.1) is 11.4 Å². The number of amides is 1. The number of hydrogen-bond acceptors (Lipinski definition) is 4. The highest BCUT2D eigenvalue weighted by Gasteiger charge is 2.27. The minimum absolute atomic E-state index is 0.00291. The fourth-order valence-corrected chi connectivity index (χ4v) is 3.37. The number of carbonyl (C=O) groups is 1. The van der Waals surface area contributed by atoms with Crippen molar-refractivity contribution in [2.45, 2.75) is 39.8 Å². The molecule has 3 heterocycles. The van der Waals surface area contributed by atoms with Gasteiger partial charge in [0.2, 0.25) is 0 Å². The SMILES string of the molecule is Cc1nn(C)c(C)c1-c1cc(C(=O)N2C[C@H](C)N[C@@H](C)C2)[nH]n1. The zero-order valence-electron chi connectivity index (χ0n) is 14.3. The molecule has 0 radical (unpaired) electrons. The monoisotopic (exact) mass is 316 g/mol. The lowest BCUT2D eigenvalue weighted by atomic mass is 10.1. The van der Waals surface area contributed by atoms with E-state index in [0.717, 1.165) is 22.6 Å². The Balaban J connectivity index is 1.85. The van der Waals surface area contributed by atoms with Crippen molar-refractivity contribution in [2.75, 3.05) is 13.1 Å². The number of rotatable bonds is 2. The normalized spacial score (nSPS) is 21.7. The third kappa shape index (κ3) is 2.88. The van der Waals surface area contributed by atoms with Gasteiger partial charge in [-0.15, -0.1) is 0 Å². The molecule has 0 bridgehead atoms. The van der Waals surface area contributed by atoms with Gasteiger partial charge in [-0.05, 0) is 33.8 Å². The van der Waals surface area contributed by atoms with Crippen LogP contribution in [0.4, 0.5) is 0 Å². The minimum Gasteiger partial charge on any atom is -0.334 e. The van der Waals surface area contributed by atoms with Crippen molar-refractivity contribution in [1.29, 1.82) is 0 Å². The molecule has 2 atom stereocenters. The summed E-state index contributed by atoms with van der Waals surface area (Å²) in [6.45, 7) is 9.57. The number of aromatic amines is 1. The van der Waals surface area contributed by atoms with E-state index in [2.05, 4.69) is 34.5 Å². The van der Waals surface area contributed by atoms with Gasteiger partial charge in [-0.25, -0.2) is 0 Å². The summed E-state index contributed by atoms with van der Waals surface area (Å²) in [6.07, 6.45) is 0. The molecule has 0 unspecified atom stereocenters. The van der Waals surface area contributed by atoms with Crippen LogP contribution >= 0.6 is 0 Å². The van der Waals surface area contributed by atoms with Crippen LogP contribution in [0, 0.1) is 13.8 Å². The quantitative estimate of drug-likeness (QED) is 0.874. The van der Waals surface area contributed by atoms with Crippen molar-refractivity contribution >= 4 is 5.91 Å². The molecular formula is C16H24N6O. The Labute approximate surface area is 136 Å². The van der Waals surface area contributed by atoms with Gasteiger partial charge in [-0.2, -0.15) is 10.2 Å². The molecule has 7 nitrogen and oxygen atoms in total. The molecule has 2 aromatic rings. The molecule has 0 spiro atoms. The van der Waals surface area contributed by atoms with Gasteiger partial charge in [-0.3, -0.25) is 14.6 Å². The predicted octanol–water partition coefficient (Wildman–Crippen LogP) is 1.25. The molecular weight excluding hydrogens is 292 g/mol. The topological polar surface area (TPSA) is 78.8 Å². The number of nitrogens with one attached hydrogen (secondary N) is 2. The van der Waals surface area contributed by atoms with Crippen LogP contribution in [0.1, 0.15) is 35.7 Å².